The molecule has 0 atom stereocenters. The number of likely N-dealkylation sites (N-methyl/N-ethyl adjacent to an activating group) is 1. The Morgan fingerprint density at radius 1 is 1.12 bits per heavy atom. The average molecular weight is 364 g/mol. The van der Waals surface area contributed by atoms with Crippen molar-refractivity contribution in [3.63, 3.8) is 0 Å². The predicted molar refractivity (Wildman–Crippen MR) is 102 cm³/mol. The molecule has 26 heavy (non-hydrogen) atoms. The van der Waals surface area contributed by atoms with Crippen molar-refractivity contribution in [3.05, 3.63) is 70.2 Å². The fraction of sp³-hybridized carbons (Fsp3) is 0.158. The van der Waals surface area contributed by atoms with E-state index in [1.807, 2.05) is 30.3 Å². The molecule has 0 fully saturated rings. The van der Waals surface area contributed by atoms with Crippen LogP contribution in [0.4, 0.5) is 0 Å². The van der Waals surface area contributed by atoms with E-state index in [2.05, 4.69) is 9.97 Å². The zero-order chi connectivity index (χ0) is 18.1. The molecule has 0 aliphatic carbocycles. The van der Waals surface area contributed by atoms with Gasteiger partial charge in [-0.15, -0.1) is 11.3 Å². The molecule has 0 bridgehead atoms. The molecule has 6 nitrogen and oxygen atoms in total. The highest BCUT2D eigenvalue weighted by molar-refractivity contribution is 7.18. The average Bonchev–Trinajstić information content (AvgIpc) is 3.06. The van der Waals surface area contributed by atoms with Crippen molar-refractivity contribution in [1.82, 2.24) is 19.4 Å². The lowest BCUT2D eigenvalue weighted by Gasteiger charge is -2.16. The normalized spacial score (nSPS) is 11.1. The topological polar surface area (TPSA) is 68.1 Å². The molecule has 0 saturated heterocycles. The quantitative estimate of drug-likeness (QED) is 0.558. The van der Waals surface area contributed by atoms with E-state index in [4.69, 9.17) is 0 Å². The number of carbonyl (C=O) groups is 1. The number of fused-ring (bicyclic) bond motifs is 2. The van der Waals surface area contributed by atoms with E-state index in [0.29, 0.717) is 17.4 Å². The molecule has 0 spiro atoms. The molecular formula is C19H16N4O2S. The van der Waals surface area contributed by atoms with E-state index in [9.17, 15) is 9.59 Å². The molecule has 130 valence electrons. The molecule has 0 aliphatic heterocycles. The minimum atomic E-state index is -0.211. The van der Waals surface area contributed by atoms with Crippen molar-refractivity contribution in [1.29, 1.82) is 0 Å². The van der Waals surface area contributed by atoms with Crippen molar-refractivity contribution >= 4 is 38.4 Å². The van der Waals surface area contributed by atoms with Crippen LogP contribution in [-0.2, 0) is 17.9 Å². The van der Waals surface area contributed by atoms with Gasteiger partial charge in [0.25, 0.3) is 5.56 Å². The molecule has 0 aliphatic rings. The van der Waals surface area contributed by atoms with Gasteiger partial charge in [0.05, 0.1) is 34.0 Å². The highest BCUT2D eigenvalue weighted by Crippen LogP contribution is 2.22. The van der Waals surface area contributed by atoms with Gasteiger partial charge in [-0.1, -0.05) is 24.3 Å². The Kier molecular flexibility index (Phi) is 4.22. The maximum Gasteiger partial charge on any atom is 0.261 e. The van der Waals surface area contributed by atoms with E-state index >= 15 is 0 Å². The number of amides is 1. The Balaban J connectivity index is 1.52. The van der Waals surface area contributed by atoms with Gasteiger partial charge in [0.1, 0.15) is 11.6 Å². The fourth-order valence-electron chi connectivity index (χ4n) is 2.76. The minimum Gasteiger partial charge on any atom is -0.337 e. The Morgan fingerprint density at radius 2 is 1.85 bits per heavy atom. The minimum absolute atomic E-state index is 0.0436. The SMILES string of the molecule is CN(Cc1nc2ccccc2s1)C(=O)Cn1cnc2ccccc2c1=O. The Hall–Kier alpha value is -3.06. The van der Waals surface area contributed by atoms with Gasteiger partial charge in [-0.3, -0.25) is 14.2 Å². The van der Waals surface area contributed by atoms with Crippen LogP contribution in [0, 0.1) is 0 Å². The molecule has 2 heterocycles. The third kappa shape index (κ3) is 3.09. The van der Waals surface area contributed by atoms with Crippen molar-refractivity contribution in [3.8, 4) is 0 Å². The van der Waals surface area contributed by atoms with E-state index in [-0.39, 0.29) is 18.0 Å². The molecule has 0 saturated carbocycles. The predicted octanol–water partition coefficient (Wildman–Crippen LogP) is 2.66. The van der Waals surface area contributed by atoms with Crippen LogP contribution in [0.5, 0.6) is 0 Å². The first kappa shape index (κ1) is 16.4. The lowest BCUT2D eigenvalue weighted by molar-refractivity contribution is -0.131. The van der Waals surface area contributed by atoms with Gasteiger partial charge in [0.15, 0.2) is 0 Å². The number of benzene rings is 2. The fourth-order valence-corrected chi connectivity index (χ4v) is 3.78. The summed E-state index contributed by atoms with van der Waals surface area (Å²) in [5, 5.41) is 1.38. The third-order valence-corrected chi connectivity index (χ3v) is 5.19. The number of carbonyl (C=O) groups excluding carboxylic acids is 1. The monoisotopic (exact) mass is 364 g/mol. The van der Waals surface area contributed by atoms with Gasteiger partial charge in [-0.05, 0) is 24.3 Å². The second-order valence-corrected chi connectivity index (χ2v) is 7.14. The van der Waals surface area contributed by atoms with Gasteiger partial charge in [0, 0.05) is 7.05 Å². The summed E-state index contributed by atoms with van der Waals surface area (Å²) in [7, 11) is 1.72. The van der Waals surface area contributed by atoms with Crippen LogP contribution < -0.4 is 5.56 Å². The van der Waals surface area contributed by atoms with Gasteiger partial charge in [-0.25, -0.2) is 9.97 Å². The Labute approximate surface area is 153 Å². The number of thiazole rings is 1. The van der Waals surface area contributed by atoms with Crippen molar-refractivity contribution in [2.24, 2.45) is 0 Å². The molecule has 1 amide bonds. The zero-order valence-electron chi connectivity index (χ0n) is 14.1. The third-order valence-electron chi connectivity index (χ3n) is 4.17. The number of rotatable bonds is 4. The smallest absolute Gasteiger partial charge is 0.261 e. The van der Waals surface area contributed by atoms with Gasteiger partial charge in [0.2, 0.25) is 5.91 Å². The maximum absolute atomic E-state index is 12.5. The van der Waals surface area contributed by atoms with Crippen molar-refractivity contribution < 1.29 is 4.79 Å². The van der Waals surface area contributed by atoms with Crippen LogP contribution in [0.3, 0.4) is 0 Å². The highest BCUT2D eigenvalue weighted by atomic mass is 32.1. The van der Waals surface area contributed by atoms with Crippen molar-refractivity contribution in [2.45, 2.75) is 13.1 Å². The first-order valence-electron chi connectivity index (χ1n) is 8.14. The molecular weight excluding hydrogens is 348 g/mol. The lowest BCUT2D eigenvalue weighted by Crippen LogP contribution is -2.33. The molecule has 4 aromatic rings. The van der Waals surface area contributed by atoms with E-state index < -0.39 is 0 Å². The number of aromatic nitrogens is 3. The van der Waals surface area contributed by atoms with Gasteiger partial charge < -0.3 is 4.90 Å². The van der Waals surface area contributed by atoms with Crippen molar-refractivity contribution in [2.75, 3.05) is 7.05 Å². The Bertz CT molecular complexity index is 1130. The molecule has 0 unspecified atom stereocenters. The van der Waals surface area contributed by atoms with E-state index in [0.717, 1.165) is 15.2 Å². The number of para-hydroxylation sites is 2. The summed E-state index contributed by atoms with van der Waals surface area (Å²) in [6.07, 6.45) is 1.42. The van der Waals surface area contributed by atoms with E-state index in [1.165, 1.54) is 10.9 Å². The van der Waals surface area contributed by atoms with Crippen LogP contribution in [0.2, 0.25) is 0 Å². The largest absolute Gasteiger partial charge is 0.337 e. The van der Waals surface area contributed by atoms with Crippen LogP contribution in [0.25, 0.3) is 21.1 Å². The highest BCUT2D eigenvalue weighted by Gasteiger charge is 2.14. The Morgan fingerprint density at radius 3 is 2.65 bits per heavy atom. The van der Waals surface area contributed by atoms with Crippen LogP contribution >= 0.6 is 11.3 Å². The summed E-state index contributed by atoms with van der Waals surface area (Å²) in [5.41, 5.74) is 1.35. The second kappa shape index (κ2) is 6.68. The first-order chi connectivity index (χ1) is 12.6. The second-order valence-electron chi connectivity index (χ2n) is 6.02. The summed E-state index contributed by atoms with van der Waals surface area (Å²) in [4.78, 5) is 35.4. The first-order valence-corrected chi connectivity index (χ1v) is 8.96. The number of nitrogens with zero attached hydrogens (tertiary/aromatic N) is 4. The van der Waals surface area contributed by atoms with E-state index in [1.54, 1.807) is 41.5 Å². The maximum atomic E-state index is 12.5. The molecule has 4 rings (SSSR count). The summed E-state index contributed by atoms with van der Waals surface area (Å²) >= 11 is 1.57. The lowest BCUT2D eigenvalue weighted by atomic mass is 10.2. The summed E-state index contributed by atoms with van der Waals surface area (Å²) < 4.78 is 2.44. The summed E-state index contributed by atoms with van der Waals surface area (Å²) in [5.74, 6) is -0.163. The van der Waals surface area contributed by atoms with Crippen LogP contribution in [0.15, 0.2) is 59.7 Å². The summed E-state index contributed by atoms with van der Waals surface area (Å²) in [6, 6.07) is 15.0. The molecule has 0 N–H and O–H groups in total. The van der Waals surface area contributed by atoms with Gasteiger partial charge in [-0.2, -0.15) is 0 Å². The summed E-state index contributed by atoms with van der Waals surface area (Å²) in [6.45, 7) is 0.367. The molecule has 2 aromatic heterocycles. The van der Waals surface area contributed by atoms with Crippen LogP contribution in [0.1, 0.15) is 5.01 Å². The molecule has 0 radical (unpaired) electrons. The zero-order valence-corrected chi connectivity index (χ0v) is 14.9. The molecule has 7 heteroatoms. The van der Waals surface area contributed by atoms with Gasteiger partial charge >= 0.3 is 0 Å². The molecule has 2 aromatic carbocycles. The standard InChI is InChI=1S/C19H16N4O2S/c1-22(10-17-21-15-8-4-5-9-16(15)26-17)18(24)11-23-12-20-14-7-3-2-6-13(14)19(23)25/h2-9,12H,10-11H2,1H3. The van der Waals surface area contributed by atoms with Crippen LogP contribution in [-0.4, -0.2) is 32.4 Å². The number of hydrogen-bond donors (Lipinski definition) is 0. The number of hydrogen-bond acceptors (Lipinski definition) is 5.